The highest BCUT2D eigenvalue weighted by molar-refractivity contribution is 5.31. The SMILES string of the molecule is CCOc1cc(C)nc(NC(C)Cn2ccnc2)n1. The predicted molar refractivity (Wildman–Crippen MR) is 73.2 cm³/mol. The number of aromatic nitrogens is 4. The van der Waals surface area contributed by atoms with Crippen molar-refractivity contribution in [3.8, 4) is 5.88 Å². The third kappa shape index (κ3) is 3.94. The van der Waals surface area contributed by atoms with Crippen molar-refractivity contribution >= 4 is 5.95 Å². The van der Waals surface area contributed by atoms with Gasteiger partial charge in [0.25, 0.3) is 0 Å². The summed E-state index contributed by atoms with van der Waals surface area (Å²) in [6, 6.07) is 2.03. The van der Waals surface area contributed by atoms with E-state index >= 15 is 0 Å². The molecule has 1 atom stereocenters. The Bertz CT molecular complexity index is 512. The summed E-state index contributed by atoms with van der Waals surface area (Å²) in [5.41, 5.74) is 0.885. The molecule has 0 bridgehead atoms. The van der Waals surface area contributed by atoms with Gasteiger partial charge in [0.1, 0.15) is 0 Å². The van der Waals surface area contributed by atoms with E-state index < -0.39 is 0 Å². The van der Waals surface area contributed by atoms with Crippen molar-refractivity contribution in [2.75, 3.05) is 11.9 Å². The number of nitrogens with zero attached hydrogens (tertiary/aromatic N) is 4. The van der Waals surface area contributed by atoms with Crippen molar-refractivity contribution in [3.63, 3.8) is 0 Å². The molecule has 102 valence electrons. The number of ether oxygens (including phenoxy) is 1. The topological polar surface area (TPSA) is 64.9 Å². The van der Waals surface area contributed by atoms with Crippen molar-refractivity contribution in [2.45, 2.75) is 33.4 Å². The van der Waals surface area contributed by atoms with E-state index in [0.29, 0.717) is 18.4 Å². The Labute approximate surface area is 112 Å². The van der Waals surface area contributed by atoms with Crippen molar-refractivity contribution < 1.29 is 4.74 Å². The molecule has 0 amide bonds. The number of hydrogen-bond acceptors (Lipinski definition) is 5. The maximum atomic E-state index is 5.41. The third-order valence-corrected chi connectivity index (χ3v) is 2.54. The van der Waals surface area contributed by atoms with Gasteiger partial charge in [0.2, 0.25) is 11.8 Å². The molecule has 0 saturated heterocycles. The summed E-state index contributed by atoms with van der Waals surface area (Å²) in [7, 11) is 0. The zero-order chi connectivity index (χ0) is 13.7. The molecule has 2 aromatic rings. The van der Waals surface area contributed by atoms with E-state index in [1.807, 2.05) is 30.7 Å². The average Bonchev–Trinajstić information content (AvgIpc) is 2.81. The molecule has 1 unspecified atom stereocenters. The molecule has 0 aliphatic heterocycles. The van der Waals surface area contributed by atoms with Crippen molar-refractivity contribution in [2.24, 2.45) is 0 Å². The Hall–Kier alpha value is -2.11. The summed E-state index contributed by atoms with van der Waals surface area (Å²) in [6.07, 6.45) is 5.49. The number of aryl methyl sites for hydroxylation is 1. The molecule has 0 radical (unpaired) electrons. The van der Waals surface area contributed by atoms with Crippen LogP contribution in [0, 0.1) is 6.92 Å². The quantitative estimate of drug-likeness (QED) is 0.860. The number of imidazole rings is 1. The third-order valence-electron chi connectivity index (χ3n) is 2.54. The van der Waals surface area contributed by atoms with Gasteiger partial charge in [-0.3, -0.25) is 0 Å². The fourth-order valence-corrected chi connectivity index (χ4v) is 1.80. The Morgan fingerprint density at radius 2 is 2.26 bits per heavy atom. The van der Waals surface area contributed by atoms with Gasteiger partial charge in [-0.05, 0) is 20.8 Å². The molecular weight excluding hydrogens is 242 g/mol. The van der Waals surface area contributed by atoms with Crippen LogP contribution < -0.4 is 10.1 Å². The minimum absolute atomic E-state index is 0.200. The highest BCUT2D eigenvalue weighted by atomic mass is 16.5. The van der Waals surface area contributed by atoms with Gasteiger partial charge in [-0.2, -0.15) is 4.98 Å². The molecule has 2 rings (SSSR count). The number of rotatable bonds is 6. The lowest BCUT2D eigenvalue weighted by Gasteiger charge is -2.15. The van der Waals surface area contributed by atoms with Crippen LogP contribution in [0.5, 0.6) is 5.88 Å². The van der Waals surface area contributed by atoms with Crippen LogP contribution in [0.25, 0.3) is 0 Å². The number of hydrogen-bond donors (Lipinski definition) is 1. The summed E-state index contributed by atoms with van der Waals surface area (Å²) >= 11 is 0. The molecule has 2 heterocycles. The first-order valence-electron chi connectivity index (χ1n) is 6.38. The fraction of sp³-hybridized carbons (Fsp3) is 0.462. The summed E-state index contributed by atoms with van der Waals surface area (Å²) < 4.78 is 7.42. The van der Waals surface area contributed by atoms with Gasteiger partial charge in [-0.1, -0.05) is 0 Å². The molecule has 1 N–H and O–H groups in total. The van der Waals surface area contributed by atoms with Crippen molar-refractivity contribution in [1.29, 1.82) is 0 Å². The second kappa shape index (κ2) is 6.17. The Morgan fingerprint density at radius 1 is 1.42 bits per heavy atom. The van der Waals surface area contributed by atoms with Crippen molar-refractivity contribution in [3.05, 3.63) is 30.5 Å². The second-order valence-corrected chi connectivity index (χ2v) is 4.41. The zero-order valence-corrected chi connectivity index (χ0v) is 11.5. The van der Waals surface area contributed by atoms with Crippen LogP contribution >= 0.6 is 0 Å². The molecule has 0 aliphatic carbocycles. The van der Waals surface area contributed by atoms with Crippen LogP contribution in [0.1, 0.15) is 19.5 Å². The molecule has 2 aromatic heterocycles. The lowest BCUT2D eigenvalue weighted by molar-refractivity contribution is 0.326. The summed E-state index contributed by atoms with van der Waals surface area (Å²) in [4.78, 5) is 12.7. The predicted octanol–water partition coefficient (Wildman–Crippen LogP) is 1.88. The van der Waals surface area contributed by atoms with E-state index in [9.17, 15) is 0 Å². The van der Waals surface area contributed by atoms with Gasteiger partial charge >= 0.3 is 0 Å². The Balaban J connectivity index is 2.01. The van der Waals surface area contributed by atoms with E-state index in [0.717, 1.165) is 12.2 Å². The largest absolute Gasteiger partial charge is 0.478 e. The number of anilines is 1. The normalized spacial score (nSPS) is 12.2. The fourth-order valence-electron chi connectivity index (χ4n) is 1.80. The Kier molecular flexibility index (Phi) is 4.33. The zero-order valence-electron chi connectivity index (χ0n) is 11.5. The molecule has 0 spiro atoms. The van der Waals surface area contributed by atoms with Crippen LogP contribution in [0.15, 0.2) is 24.8 Å². The van der Waals surface area contributed by atoms with Gasteiger partial charge in [0, 0.05) is 36.7 Å². The molecule has 0 saturated carbocycles. The first kappa shape index (κ1) is 13.3. The standard InChI is InChI=1S/C13H19N5O/c1-4-19-12-7-10(2)15-13(17-12)16-11(3)8-18-6-5-14-9-18/h5-7,9,11H,4,8H2,1-3H3,(H,15,16,17). The van der Waals surface area contributed by atoms with E-state index in [-0.39, 0.29) is 6.04 Å². The van der Waals surface area contributed by atoms with Crippen LogP contribution in [-0.4, -0.2) is 32.2 Å². The van der Waals surface area contributed by atoms with E-state index in [1.165, 1.54) is 0 Å². The molecular formula is C13H19N5O. The first-order valence-corrected chi connectivity index (χ1v) is 6.38. The molecule has 6 heteroatoms. The molecule has 0 aliphatic rings. The molecule has 0 fully saturated rings. The van der Waals surface area contributed by atoms with Crippen LogP contribution in [0.3, 0.4) is 0 Å². The minimum Gasteiger partial charge on any atom is -0.478 e. The van der Waals surface area contributed by atoms with Gasteiger partial charge in [-0.25, -0.2) is 9.97 Å². The smallest absolute Gasteiger partial charge is 0.226 e. The van der Waals surface area contributed by atoms with Gasteiger partial charge in [0.05, 0.1) is 12.9 Å². The number of nitrogens with one attached hydrogen (secondary N) is 1. The Morgan fingerprint density at radius 3 is 2.95 bits per heavy atom. The van der Waals surface area contributed by atoms with Crippen LogP contribution in [-0.2, 0) is 6.54 Å². The maximum Gasteiger partial charge on any atom is 0.226 e. The second-order valence-electron chi connectivity index (χ2n) is 4.41. The van der Waals surface area contributed by atoms with Gasteiger partial charge < -0.3 is 14.6 Å². The first-order chi connectivity index (χ1) is 9.17. The monoisotopic (exact) mass is 261 g/mol. The lowest BCUT2D eigenvalue weighted by Crippen LogP contribution is -2.22. The van der Waals surface area contributed by atoms with Crippen LogP contribution in [0.2, 0.25) is 0 Å². The minimum atomic E-state index is 0.200. The van der Waals surface area contributed by atoms with Gasteiger partial charge in [0.15, 0.2) is 0 Å². The van der Waals surface area contributed by atoms with Crippen molar-refractivity contribution in [1.82, 2.24) is 19.5 Å². The highest BCUT2D eigenvalue weighted by Crippen LogP contribution is 2.12. The van der Waals surface area contributed by atoms with E-state index in [1.54, 1.807) is 12.5 Å². The summed E-state index contributed by atoms with van der Waals surface area (Å²) in [6.45, 7) is 7.34. The molecule has 19 heavy (non-hydrogen) atoms. The summed E-state index contributed by atoms with van der Waals surface area (Å²) in [5.74, 6) is 1.20. The van der Waals surface area contributed by atoms with E-state index in [2.05, 4.69) is 27.2 Å². The van der Waals surface area contributed by atoms with Crippen LogP contribution in [0.4, 0.5) is 5.95 Å². The molecule has 0 aromatic carbocycles. The lowest BCUT2D eigenvalue weighted by atomic mass is 10.3. The molecule has 6 nitrogen and oxygen atoms in total. The van der Waals surface area contributed by atoms with Gasteiger partial charge in [-0.15, -0.1) is 0 Å². The maximum absolute atomic E-state index is 5.41. The summed E-state index contributed by atoms with van der Waals surface area (Å²) in [5, 5.41) is 3.27. The van der Waals surface area contributed by atoms with E-state index in [4.69, 9.17) is 4.74 Å². The highest BCUT2D eigenvalue weighted by Gasteiger charge is 2.07. The average molecular weight is 261 g/mol.